The summed E-state index contributed by atoms with van der Waals surface area (Å²) in [6.45, 7) is 3.69. The normalized spacial score (nSPS) is 9.67. The molecule has 3 aromatic carbocycles. The van der Waals surface area contributed by atoms with Gasteiger partial charge in [0.15, 0.2) is 0 Å². The molecule has 6 nitrogen and oxygen atoms in total. The average Bonchev–Trinajstić information content (AvgIpc) is 2.75. The molecule has 0 aliphatic carbocycles. The molecule has 0 spiro atoms. The zero-order chi connectivity index (χ0) is 21.3. The van der Waals surface area contributed by atoms with Crippen molar-refractivity contribution in [1.29, 1.82) is 0 Å². The molecule has 3 rings (SSSR count). The predicted molar refractivity (Wildman–Crippen MR) is 117 cm³/mol. The Morgan fingerprint density at radius 3 is 1.33 bits per heavy atom. The zero-order valence-corrected chi connectivity index (χ0v) is 16.5. The Hall–Kier alpha value is -4.24. The van der Waals surface area contributed by atoms with Gasteiger partial charge in [-0.15, -0.1) is 9.98 Å². The first-order valence-corrected chi connectivity index (χ1v) is 9.17. The van der Waals surface area contributed by atoms with Crippen LogP contribution < -0.4 is 0 Å². The lowest BCUT2D eigenvalue weighted by Gasteiger charge is -1.97. The van der Waals surface area contributed by atoms with E-state index in [9.17, 15) is 9.59 Å². The molecule has 2 amide bonds. The predicted octanol–water partition coefficient (Wildman–Crippen LogP) is 5.60. The van der Waals surface area contributed by atoms with Gasteiger partial charge in [0.1, 0.15) is 12.0 Å². The van der Waals surface area contributed by atoms with Crippen molar-refractivity contribution in [3.63, 3.8) is 0 Å². The Kier molecular flexibility index (Phi) is 6.70. The Balaban J connectivity index is 1.66. The number of carbonyl (C=O) groups is 2. The minimum Gasteiger partial charge on any atom is -0.266 e. The van der Waals surface area contributed by atoms with Crippen LogP contribution in [0.1, 0.15) is 31.8 Å². The van der Waals surface area contributed by atoms with E-state index in [0.29, 0.717) is 22.5 Å². The second kappa shape index (κ2) is 9.80. The summed E-state index contributed by atoms with van der Waals surface area (Å²) in [4.78, 5) is 39.6. The van der Waals surface area contributed by atoms with Crippen molar-refractivity contribution in [2.45, 2.75) is 13.8 Å². The van der Waals surface area contributed by atoms with Gasteiger partial charge in [-0.2, -0.15) is 9.98 Å². The number of carbonyl (C=O) groups excluding carboxylic acids is 2. The van der Waals surface area contributed by atoms with E-state index < -0.39 is 11.8 Å². The van der Waals surface area contributed by atoms with Crippen molar-refractivity contribution in [3.05, 3.63) is 95.1 Å². The molecule has 0 aliphatic heterocycles. The molecule has 0 heterocycles. The van der Waals surface area contributed by atoms with E-state index in [-0.39, 0.29) is 0 Å². The molecule has 0 fully saturated rings. The van der Waals surface area contributed by atoms with Gasteiger partial charge in [-0.1, -0.05) is 36.4 Å². The molecule has 146 valence electrons. The highest BCUT2D eigenvalue weighted by atomic mass is 16.1. The summed E-state index contributed by atoms with van der Waals surface area (Å²) in [6, 6.07) is 26.0. The Bertz CT molecular complexity index is 1120. The fourth-order valence-corrected chi connectivity index (χ4v) is 2.60. The van der Waals surface area contributed by atoms with Crippen molar-refractivity contribution in [3.8, 4) is 0 Å². The maximum Gasteiger partial charge on any atom is 0.286 e. The van der Waals surface area contributed by atoms with Crippen LogP contribution in [-0.2, 0) is 0 Å². The third-order valence-corrected chi connectivity index (χ3v) is 4.26. The summed E-state index contributed by atoms with van der Waals surface area (Å²) in [5.74, 6) is -0.791. The van der Waals surface area contributed by atoms with Gasteiger partial charge in [-0.05, 0) is 61.4 Å². The first-order valence-electron chi connectivity index (χ1n) is 9.17. The van der Waals surface area contributed by atoms with Crippen molar-refractivity contribution in [1.82, 2.24) is 0 Å². The number of hydrogen-bond acceptors (Lipinski definition) is 4. The highest BCUT2D eigenvalue weighted by molar-refractivity contribution is 5.99. The van der Waals surface area contributed by atoms with E-state index in [1.165, 1.54) is 0 Å². The minimum absolute atomic E-state index is 0.396. The SMILES string of the molecule is Cc1ccccc1C(=O)N=C=Nc1ccc(N=C=NC(=O)c2ccccc2C)cc1. The molecule has 6 heteroatoms. The average molecular weight is 394 g/mol. The lowest BCUT2D eigenvalue weighted by molar-refractivity contribution is 0.0994. The van der Waals surface area contributed by atoms with Crippen molar-refractivity contribution < 1.29 is 9.59 Å². The number of rotatable bonds is 4. The van der Waals surface area contributed by atoms with Gasteiger partial charge in [0, 0.05) is 11.1 Å². The Labute approximate surface area is 174 Å². The van der Waals surface area contributed by atoms with Crippen LogP contribution in [0.15, 0.2) is 92.8 Å². The molecular weight excluding hydrogens is 376 g/mol. The van der Waals surface area contributed by atoms with Crippen LogP contribution in [0.2, 0.25) is 0 Å². The molecule has 0 aromatic heterocycles. The summed E-state index contributed by atoms with van der Waals surface area (Å²) in [7, 11) is 0. The zero-order valence-electron chi connectivity index (χ0n) is 16.5. The maximum atomic E-state index is 12.1. The third-order valence-electron chi connectivity index (χ3n) is 4.26. The Morgan fingerprint density at radius 2 is 0.967 bits per heavy atom. The topological polar surface area (TPSA) is 83.6 Å². The van der Waals surface area contributed by atoms with E-state index in [0.717, 1.165) is 11.1 Å². The lowest BCUT2D eigenvalue weighted by Crippen LogP contribution is -1.96. The standard InChI is InChI=1S/C24H18N4O2/c1-17-7-3-5-9-21(17)23(29)27-15-25-19-11-13-20(14-12-19)26-16-28-24(30)22-10-6-4-8-18(22)2/h3-14H,1-2H3. The molecule has 0 aliphatic rings. The van der Waals surface area contributed by atoms with E-state index in [1.807, 2.05) is 38.1 Å². The summed E-state index contributed by atoms with van der Waals surface area (Å²) in [5, 5.41) is 0. The van der Waals surface area contributed by atoms with Gasteiger partial charge < -0.3 is 0 Å². The second-order valence-electron chi connectivity index (χ2n) is 6.40. The molecule has 0 N–H and O–H groups in total. The van der Waals surface area contributed by atoms with Gasteiger partial charge in [0.05, 0.1) is 11.4 Å². The summed E-state index contributed by atoms with van der Waals surface area (Å²) in [5.41, 5.74) is 3.84. The third kappa shape index (κ3) is 5.40. The number of aliphatic imine (C=N–C) groups is 4. The highest BCUT2D eigenvalue weighted by Gasteiger charge is 2.06. The smallest absolute Gasteiger partial charge is 0.266 e. The van der Waals surface area contributed by atoms with E-state index in [4.69, 9.17) is 0 Å². The summed E-state index contributed by atoms with van der Waals surface area (Å²) >= 11 is 0. The van der Waals surface area contributed by atoms with Crippen molar-refractivity contribution in [2.75, 3.05) is 0 Å². The molecule has 30 heavy (non-hydrogen) atoms. The minimum atomic E-state index is -0.396. The number of amides is 2. The number of aryl methyl sites for hydroxylation is 2. The van der Waals surface area contributed by atoms with Crippen LogP contribution in [0.3, 0.4) is 0 Å². The monoisotopic (exact) mass is 394 g/mol. The van der Waals surface area contributed by atoms with E-state index in [2.05, 4.69) is 32.0 Å². The van der Waals surface area contributed by atoms with Crippen molar-refractivity contribution >= 4 is 35.2 Å². The first kappa shape index (κ1) is 20.5. The van der Waals surface area contributed by atoms with Crippen molar-refractivity contribution in [2.24, 2.45) is 20.0 Å². The van der Waals surface area contributed by atoms with Crippen LogP contribution in [-0.4, -0.2) is 23.8 Å². The fraction of sp³-hybridized carbons (Fsp3) is 0.0833. The maximum absolute atomic E-state index is 12.1. The van der Waals surface area contributed by atoms with Gasteiger partial charge in [-0.3, -0.25) is 9.59 Å². The summed E-state index contributed by atoms with van der Waals surface area (Å²) in [6.07, 6.45) is 0. The molecule has 0 saturated heterocycles. The number of nitrogens with zero attached hydrogens (tertiary/aromatic N) is 4. The fourth-order valence-electron chi connectivity index (χ4n) is 2.60. The molecule has 0 bridgehead atoms. The number of benzene rings is 3. The second-order valence-corrected chi connectivity index (χ2v) is 6.40. The molecule has 0 radical (unpaired) electrons. The van der Waals surface area contributed by atoms with Crippen LogP contribution in [0.5, 0.6) is 0 Å². The number of hydrogen-bond donors (Lipinski definition) is 0. The molecule has 3 aromatic rings. The summed E-state index contributed by atoms with van der Waals surface area (Å²) < 4.78 is 0. The van der Waals surface area contributed by atoms with Gasteiger partial charge in [-0.25, -0.2) is 0 Å². The molecular formula is C24H18N4O2. The van der Waals surface area contributed by atoms with E-state index >= 15 is 0 Å². The van der Waals surface area contributed by atoms with Crippen LogP contribution in [0.4, 0.5) is 11.4 Å². The largest absolute Gasteiger partial charge is 0.286 e. The quantitative estimate of drug-likeness (QED) is 0.540. The molecule has 0 unspecified atom stereocenters. The van der Waals surface area contributed by atoms with Gasteiger partial charge in [0.2, 0.25) is 0 Å². The van der Waals surface area contributed by atoms with E-state index in [1.54, 1.807) is 48.5 Å². The van der Waals surface area contributed by atoms with Crippen LogP contribution >= 0.6 is 0 Å². The highest BCUT2D eigenvalue weighted by Crippen LogP contribution is 2.17. The Morgan fingerprint density at radius 1 is 0.600 bits per heavy atom. The van der Waals surface area contributed by atoms with Crippen LogP contribution in [0, 0.1) is 13.8 Å². The molecule has 0 atom stereocenters. The first-order chi connectivity index (χ1) is 14.5. The molecule has 0 saturated carbocycles. The van der Waals surface area contributed by atoms with Gasteiger partial charge in [0.25, 0.3) is 11.8 Å². The van der Waals surface area contributed by atoms with Gasteiger partial charge >= 0.3 is 0 Å². The lowest BCUT2D eigenvalue weighted by atomic mass is 10.1. The van der Waals surface area contributed by atoms with Crippen LogP contribution in [0.25, 0.3) is 0 Å².